The molecule has 49 heavy (non-hydrogen) atoms. The van der Waals surface area contributed by atoms with Crippen molar-refractivity contribution < 1.29 is 14.3 Å². The second-order valence-corrected chi connectivity index (χ2v) is 13.7. The van der Waals surface area contributed by atoms with Gasteiger partial charge in [-0.25, -0.2) is 0 Å². The number of nitrogens with zero attached hydrogens (tertiary/aromatic N) is 1. The zero-order valence-electron chi connectivity index (χ0n) is 32.7. The van der Waals surface area contributed by atoms with E-state index in [0.717, 1.165) is 83.8 Å². The molecule has 0 saturated carbocycles. The van der Waals surface area contributed by atoms with Gasteiger partial charge in [0, 0.05) is 32.5 Å². The molecule has 0 rings (SSSR count). The second kappa shape index (κ2) is 40.3. The fourth-order valence-corrected chi connectivity index (χ4v) is 5.70. The molecule has 0 atom stereocenters. The van der Waals surface area contributed by atoms with Gasteiger partial charge in [-0.1, -0.05) is 140 Å². The number of amides is 1. The number of rotatable bonds is 37. The molecule has 0 heterocycles. The maximum absolute atomic E-state index is 12.3. The summed E-state index contributed by atoms with van der Waals surface area (Å²) in [6, 6.07) is 0. The van der Waals surface area contributed by atoms with E-state index in [-0.39, 0.29) is 11.9 Å². The summed E-state index contributed by atoms with van der Waals surface area (Å²) in [4.78, 5) is 26.9. The summed E-state index contributed by atoms with van der Waals surface area (Å²) in [7, 11) is 0. The number of carbonyl (C=O) groups is 2. The summed E-state index contributed by atoms with van der Waals surface area (Å²) in [6.07, 6.45) is 47.9. The van der Waals surface area contributed by atoms with Crippen molar-refractivity contribution in [1.82, 2.24) is 10.2 Å². The van der Waals surface area contributed by atoms with Gasteiger partial charge in [0.05, 0.1) is 0 Å². The average molecular weight is 685 g/mol. The van der Waals surface area contributed by atoms with Gasteiger partial charge in [0.25, 0.3) is 0 Å². The maximum atomic E-state index is 12.3. The Morgan fingerprint density at radius 2 is 0.939 bits per heavy atom. The molecule has 284 valence electrons. The first-order chi connectivity index (χ1) is 24.1. The molecular formula is C44H80N2O3. The monoisotopic (exact) mass is 685 g/mol. The molecule has 0 saturated heterocycles. The molecule has 0 radical (unpaired) electrons. The molecule has 0 aliphatic carbocycles. The highest BCUT2D eigenvalue weighted by Crippen LogP contribution is 2.10. The number of carbonyl (C=O) groups excluding carboxylic acids is 2. The molecule has 0 aliphatic rings. The fraction of sp³-hybridized carbons (Fsp3) is 0.773. The van der Waals surface area contributed by atoms with Crippen LogP contribution < -0.4 is 5.32 Å². The summed E-state index contributed by atoms with van der Waals surface area (Å²) in [6.45, 7) is 10.3. The van der Waals surface area contributed by atoms with E-state index in [4.69, 9.17) is 4.74 Å². The van der Waals surface area contributed by atoms with Crippen LogP contribution in [0, 0.1) is 0 Å². The minimum atomic E-state index is -0.0770. The van der Waals surface area contributed by atoms with Crippen molar-refractivity contribution >= 4 is 11.9 Å². The Labute approximate surface area is 304 Å². The SMILES string of the molecule is CCCCC/C=C\C/C=C\CCCCCCCC(=O)NCCN(CCCC)CCOC(=O)CCCCCCC/C=C\C/C=C\CCCCC. The van der Waals surface area contributed by atoms with Gasteiger partial charge >= 0.3 is 5.97 Å². The normalized spacial score (nSPS) is 12.1. The third kappa shape index (κ3) is 38.5. The zero-order chi connectivity index (χ0) is 35.7. The molecule has 1 amide bonds. The standard InChI is InChI=1S/C44H80N2O3/c1-4-7-10-12-14-16-18-20-22-24-26-28-30-32-34-36-43(47)45-38-40-46(39-9-6-3)41-42-49-44(48)37-35-33-31-29-27-25-23-21-19-17-15-13-11-8-5-2/h14-17,20-23H,4-13,18-19,24-42H2,1-3H3,(H,45,47)/b16-14-,17-15-,22-20-,23-21-. The predicted octanol–water partition coefficient (Wildman–Crippen LogP) is 12.4. The van der Waals surface area contributed by atoms with Gasteiger partial charge in [-0.3, -0.25) is 14.5 Å². The van der Waals surface area contributed by atoms with Crippen molar-refractivity contribution in [3.63, 3.8) is 0 Å². The average Bonchev–Trinajstić information content (AvgIpc) is 3.10. The first-order valence-electron chi connectivity index (χ1n) is 20.9. The largest absolute Gasteiger partial charge is 0.464 e. The Kier molecular flexibility index (Phi) is 38.5. The van der Waals surface area contributed by atoms with Crippen LogP contribution in [-0.4, -0.2) is 49.6 Å². The molecule has 5 nitrogen and oxygen atoms in total. The number of nitrogens with one attached hydrogen (secondary N) is 1. The molecular weight excluding hydrogens is 604 g/mol. The van der Waals surface area contributed by atoms with Crippen molar-refractivity contribution in [2.24, 2.45) is 0 Å². The molecule has 0 aromatic carbocycles. The summed E-state index contributed by atoms with van der Waals surface area (Å²) >= 11 is 0. The van der Waals surface area contributed by atoms with Crippen molar-refractivity contribution in [3.05, 3.63) is 48.6 Å². The summed E-state index contributed by atoms with van der Waals surface area (Å²) in [5, 5.41) is 3.10. The van der Waals surface area contributed by atoms with Crippen molar-refractivity contribution in [2.45, 2.75) is 188 Å². The van der Waals surface area contributed by atoms with E-state index in [0.29, 0.717) is 26.0 Å². The molecule has 0 fully saturated rings. The third-order valence-electron chi connectivity index (χ3n) is 8.93. The van der Waals surface area contributed by atoms with Crippen LogP contribution in [0.25, 0.3) is 0 Å². The lowest BCUT2D eigenvalue weighted by atomic mass is 10.1. The summed E-state index contributed by atoms with van der Waals surface area (Å²) < 4.78 is 5.55. The summed E-state index contributed by atoms with van der Waals surface area (Å²) in [5.74, 6) is 0.0803. The van der Waals surface area contributed by atoms with Gasteiger partial charge in [0.1, 0.15) is 6.61 Å². The van der Waals surface area contributed by atoms with Crippen LogP contribution in [0.1, 0.15) is 188 Å². The summed E-state index contributed by atoms with van der Waals surface area (Å²) in [5.41, 5.74) is 0. The minimum absolute atomic E-state index is 0.0770. The Morgan fingerprint density at radius 1 is 0.490 bits per heavy atom. The Balaban J connectivity index is 3.77. The van der Waals surface area contributed by atoms with Crippen LogP contribution in [0.4, 0.5) is 0 Å². The smallest absolute Gasteiger partial charge is 0.305 e. The predicted molar refractivity (Wildman–Crippen MR) is 214 cm³/mol. The third-order valence-corrected chi connectivity index (χ3v) is 8.93. The number of unbranched alkanes of at least 4 members (excludes halogenated alkanes) is 17. The van der Waals surface area contributed by atoms with E-state index in [1.807, 2.05) is 0 Å². The Bertz CT molecular complexity index is 768. The lowest BCUT2D eigenvalue weighted by Crippen LogP contribution is -2.37. The number of allylic oxidation sites excluding steroid dienone is 8. The van der Waals surface area contributed by atoms with Crippen LogP contribution in [0.2, 0.25) is 0 Å². The molecule has 0 aliphatic heterocycles. The number of hydrogen-bond donors (Lipinski definition) is 1. The number of hydrogen-bond acceptors (Lipinski definition) is 4. The maximum Gasteiger partial charge on any atom is 0.305 e. The molecule has 0 spiro atoms. The van der Waals surface area contributed by atoms with Gasteiger partial charge < -0.3 is 10.1 Å². The quantitative estimate of drug-likeness (QED) is 0.0402. The Morgan fingerprint density at radius 3 is 1.45 bits per heavy atom. The topological polar surface area (TPSA) is 58.6 Å². The molecule has 0 aromatic heterocycles. The molecule has 0 unspecified atom stereocenters. The van der Waals surface area contributed by atoms with Crippen LogP contribution in [0.3, 0.4) is 0 Å². The first-order valence-corrected chi connectivity index (χ1v) is 20.9. The van der Waals surface area contributed by atoms with Crippen molar-refractivity contribution in [1.29, 1.82) is 0 Å². The van der Waals surface area contributed by atoms with Crippen LogP contribution >= 0.6 is 0 Å². The molecule has 0 bridgehead atoms. The zero-order valence-corrected chi connectivity index (χ0v) is 32.7. The molecule has 5 heteroatoms. The van der Waals surface area contributed by atoms with E-state index in [9.17, 15) is 9.59 Å². The highest BCUT2D eigenvalue weighted by molar-refractivity contribution is 5.75. The fourth-order valence-electron chi connectivity index (χ4n) is 5.70. The van der Waals surface area contributed by atoms with Gasteiger partial charge in [0.15, 0.2) is 0 Å². The minimum Gasteiger partial charge on any atom is -0.464 e. The van der Waals surface area contributed by atoms with E-state index in [1.54, 1.807) is 0 Å². The second-order valence-electron chi connectivity index (χ2n) is 13.7. The molecule has 1 N–H and O–H groups in total. The van der Waals surface area contributed by atoms with Crippen LogP contribution in [-0.2, 0) is 14.3 Å². The highest BCUT2D eigenvalue weighted by atomic mass is 16.5. The van der Waals surface area contributed by atoms with Gasteiger partial charge in [-0.15, -0.1) is 0 Å². The van der Waals surface area contributed by atoms with Gasteiger partial charge in [-0.05, 0) is 90.0 Å². The van der Waals surface area contributed by atoms with Gasteiger partial charge in [0.2, 0.25) is 5.91 Å². The molecule has 0 aromatic rings. The van der Waals surface area contributed by atoms with Crippen LogP contribution in [0.5, 0.6) is 0 Å². The van der Waals surface area contributed by atoms with Gasteiger partial charge in [-0.2, -0.15) is 0 Å². The van der Waals surface area contributed by atoms with E-state index in [2.05, 4.69) is 79.6 Å². The van der Waals surface area contributed by atoms with E-state index < -0.39 is 0 Å². The van der Waals surface area contributed by atoms with E-state index in [1.165, 1.54) is 89.9 Å². The Hall–Kier alpha value is -2.14. The number of esters is 1. The van der Waals surface area contributed by atoms with Crippen LogP contribution in [0.15, 0.2) is 48.6 Å². The van der Waals surface area contributed by atoms with Crippen molar-refractivity contribution in [2.75, 3.05) is 32.8 Å². The lowest BCUT2D eigenvalue weighted by molar-refractivity contribution is -0.144. The number of ether oxygens (including phenoxy) is 1. The lowest BCUT2D eigenvalue weighted by Gasteiger charge is -2.22. The first kappa shape index (κ1) is 46.9. The highest BCUT2D eigenvalue weighted by Gasteiger charge is 2.09. The van der Waals surface area contributed by atoms with E-state index >= 15 is 0 Å². The van der Waals surface area contributed by atoms with Crippen molar-refractivity contribution in [3.8, 4) is 0 Å².